The van der Waals surface area contributed by atoms with E-state index in [1.807, 2.05) is 38.1 Å². The van der Waals surface area contributed by atoms with Crippen molar-refractivity contribution >= 4 is 11.5 Å². The lowest BCUT2D eigenvalue weighted by atomic mass is 9.94. The van der Waals surface area contributed by atoms with Crippen LogP contribution in [0, 0.1) is 19.3 Å². The smallest absolute Gasteiger partial charge is 0.139 e. The van der Waals surface area contributed by atoms with Gasteiger partial charge in [0, 0.05) is 29.1 Å². The van der Waals surface area contributed by atoms with Crippen LogP contribution in [0.1, 0.15) is 46.7 Å². The van der Waals surface area contributed by atoms with Gasteiger partial charge in [0.2, 0.25) is 0 Å². The Balaban J connectivity index is 1.94. The third kappa shape index (κ3) is 3.92. The topological polar surface area (TPSA) is 91.4 Å². The molecule has 0 radical (unpaired) electrons. The summed E-state index contributed by atoms with van der Waals surface area (Å²) >= 11 is 0. The second-order valence-corrected chi connectivity index (χ2v) is 6.70. The van der Waals surface area contributed by atoms with Crippen molar-refractivity contribution in [1.82, 2.24) is 4.98 Å². The molecule has 1 aromatic carbocycles. The van der Waals surface area contributed by atoms with Crippen LogP contribution in [0.4, 0.5) is 5.82 Å². The molecule has 146 valence electrons. The number of rotatable bonds is 7. The second-order valence-electron chi connectivity index (χ2n) is 6.70. The highest BCUT2D eigenvalue weighted by molar-refractivity contribution is 6.02. The Morgan fingerprint density at radius 1 is 1.25 bits per heavy atom. The number of aliphatic hydroxyl groups is 1. The van der Waals surface area contributed by atoms with Crippen molar-refractivity contribution in [2.24, 2.45) is 0 Å². The summed E-state index contributed by atoms with van der Waals surface area (Å²) in [6.45, 7) is 6.05. The Morgan fingerprint density at radius 2 is 1.96 bits per heavy atom. The highest BCUT2D eigenvalue weighted by Gasteiger charge is 2.23. The summed E-state index contributed by atoms with van der Waals surface area (Å²) in [6.07, 6.45) is 0.612. The van der Waals surface area contributed by atoms with E-state index in [2.05, 4.69) is 10.3 Å². The van der Waals surface area contributed by atoms with Gasteiger partial charge in [0.25, 0.3) is 0 Å². The highest BCUT2D eigenvalue weighted by Crippen LogP contribution is 2.32. The van der Waals surface area contributed by atoms with Crippen LogP contribution in [0.2, 0.25) is 0 Å². The van der Waals surface area contributed by atoms with Crippen molar-refractivity contribution in [2.45, 2.75) is 33.4 Å². The number of benzene rings is 1. The molecule has 0 bridgehead atoms. The molecule has 6 nitrogen and oxygen atoms in total. The van der Waals surface area contributed by atoms with Gasteiger partial charge in [0.15, 0.2) is 0 Å². The Labute approximate surface area is 164 Å². The van der Waals surface area contributed by atoms with Crippen molar-refractivity contribution in [3.63, 3.8) is 0 Å². The highest BCUT2D eigenvalue weighted by atomic mass is 16.5. The maximum absolute atomic E-state index is 10.8. The first kappa shape index (κ1) is 19.6. The molecule has 0 aliphatic carbocycles. The van der Waals surface area contributed by atoms with Crippen molar-refractivity contribution in [3.05, 3.63) is 76.4 Å². The standard InChI is InChI=1S/C22H25N3O3/c1-13-19(14(2)23)22(24-12-16-7-9-17(27-4)10-8-16)25-15(3)20(13)21(26)18-6-5-11-28-18/h5-11,21,23,26H,12H2,1-4H3,(H,24,25). The Bertz CT molecular complexity index is 964. The van der Waals surface area contributed by atoms with Gasteiger partial charge < -0.3 is 25.0 Å². The quantitative estimate of drug-likeness (QED) is 0.530. The van der Waals surface area contributed by atoms with E-state index in [4.69, 9.17) is 14.6 Å². The lowest BCUT2D eigenvalue weighted by Gasteiger charge is -2.21. The molecule has 0 fully saturated rings. The monoisotopic (exact) mass is 379 g/mol. The van der Waals surface area contributed by atoms with Gasteiger partial charge >= 0.3 is 0 Å². The third-order valence-corrected chi connectivity index (χ3v) is 4.77. The van der Waals surface area contributed by atoms with Crippen LogP contribution in [0.5, 0.6) is 5.75 Å². The molecular formula is C22H25N3O3. The molecule has 3 aromatic rings. The van der Waals surface area contributed by atoms with Crippen molar-refractivity contribution in [3.8, 4) is 5.75 Å². The van der Waals surface area contributed by atoms with Gasteiger partial charge in [-0.25, -0.2) is 4.98 Å². The summed E-state index contributed by atoms with van der Waals surface area (Å²) in [5.41, 5.74) is 4.34. The van der Waals surface area contributed by atoms with E-state index in [1.54, 1.807) is 26.2 Å². The zero-order valence-electron chi connectivity index (χ0n) is 16.5. The molecule has 6 heteroatoms. The summed E-state index contributed by atoms with van der Waals surface area (Å²) in [5, 5.41) is 22.3. The van der Waals surface area contributed by atoms with E-state index in [1.165, 1.54) is 6.26 Å². The number of ether oxygens (including phenoxy) is 1. The van der Waals surface area contributed by atoms with Gasteiger partial charge in [0.1, 0.15) is 23.4 Å². The fourth-order valence-electron chi connectivity index (χ4n) is 3.38. The molecule has 0 aliphatic heterocycles. The van der Waals surface area contributed by atoms with Gasteiger partial charge in [-0.2, -0.15) is 0 Å². The number of aromatic nitrogens is 1. The first-order chi connectivity index (χ1) is 13.4. The van der Waals surface area contributed by atoms with Crippen LogP contribution in [0.25, 0.3) is 0 Å². The predicted octanol–water partition coefficient (Wildman–Crippen LogP) is 4.38. The van der Waals surface area contributed by atoms with Crippen LogP contribution in [0.15, 0.2) is 47.1 Å². The number of furan rings is 1. The molecule has 28 heavy (non-hydrogen) atoms. The van der Waals surface area contributed by atoms with Crippen LogP contribution < -0.4 is 10.1 Å². The lowest BCUT2D eigenvalue weighted by molar-refractivity contribution is 0.187. The summed E-state index contributed by atoms with van der Waals surface area (Å²) < 4.78 is 10.5. The summed E-state index contributed by atoms with van der Waals surface area (Å²) in [6, 6.07) is 11.3. The number of hydrogen-bond donors (Lipinski definition) is 3. The van der Waals surface area contributed by atoms with Crippen molar-refractivity contribution < 1.29 is 14.3 Å². The molecule has 0 spiro atoms. The zero-order chi connectivity index (χ0) is 20.3. The van der Waals surface area contributed by atoms with E-state index in [0.29, 0.717) is 40.7 Å². The fourth-order valence-corrected chi connectivity index (χ4v) is 3.38. The Kier molecular flexibility index (Phi) is 5.80. The number of hydrogen-bond acceptors (Lipinski definition) is 6. The van der Waals surface area contributed by atoms with Crippen molar-refractivity contribution in [1.29, 1.82) is 5.41 Å². The number of aryl methyl sites for hydroxylation is 1. The number of aliphatic hydroxyl groups excluding tert-OH is 1. The van der Waals surface area contributed by atoms with E-state index in [-0.39, 0.29) is 0 Å². The second kappa shape index (κ2) is 8.27. The number of nitrogens with one attached hydrogen (secondary N) is 2. The maximum Gasteiger partial charge on any atom is 0.139 e. The van der Waals surface area contributed by atoms with Crippen LogP contribution >= 0.6 is 0 Å². The molecule has 2 heterocycles. The van der Waals surface area contributed by atoms with Gasteiger partial charge in [-0.3, -0.25) is 0 Å². The average Bonchev–Trinajstić information content (AvgIpc) is 3.20. The molecule has 3 rings (SSSR count). The summed E-state index contributed by atoms with van der Waals surface area (Å²) in [5.74, 6) is 1.90. The minimum atomic E-state index is -0.920. The summed E-state index contributed by atoms with van der Waals surface area (Å²) in [7, 11) is 1.64. The molecule has 3 N–H and O–H groups in total. The molecule has 0 amide bonds. The number of pyridine rings is 1. The van der Waals surface area contributed by atoms with Gasteiger partial charge in [0.05, 0.1) is 13.4 Å². The lowest BCUT2D eigenvalue weighted by Crippen LogP contribution is -2.15. The van der Waals surface area contributed by atoms with E-state index in [9.17, 15) is 5.11 Å². The molecule has 2 aromatic heterocycles. The molecular weight excluding hydrogens is 354 g/mol. The third-order valence-electron chi connectivity index (χ3n) is 4.77. The van der Waals surface area contributed by atoms with Gasteiger partial charge in [-0.1, -0.05) is 12.1 Å². The largest absolute Gasteiger partial charge is 0.497 e. The van der Waals surface area contributed by atoms with Crippen LogP contribution in [0.3, 0.4) is 0 Å². The number of anilines is 1. The predicted molar refractivity (Wildman–Crippen MR) is 109 cm³/mol. The SMILES string of the molecule is COc1ccc(CNc2nc(C)c(C(O)c3ccco3)c(C)c2C(C)=N)cc1. The molecule has 0 saturated carbocycles. The van der Waals surface area contributed by atoms with Crippen molar-refractivity contribution in [2.75, 3.05) is 12.4 Å². The summed E-state index contributed by atoms with van der Waals surface area (Å²) in [4.78, 5) is 4.66. The molecule has 1 unspecified atom stereocenters. The zero-order valence-corrected chi connectivity index (χ0v) is 16.5. The Morgan fingerprint density at radius 3 is 2.54 bits per heavy atom. The maximum atomic E-state index is 10.8. The van der Waals surface area contributed by atoms with E-state index >= 15 is 0 Å². The minimum Gasteiger partial charge on any atom is -0.497 e. The number of nitrogens with zero attached hydrogens (tertiary/aromatic N) is 1. The first-order valence-electron chi connectivity index (χ1n) is 9.07. The average molecular weight is 379 g/mol. The molecule has 0 aliphatic rings. The first-order valence-corrected chi connectivity index (χ1v) is 9.07. The number of methoxy groups -OCH3 is 1. The van der Waals surface area contributed by atoms with Crippen LogP contribution in [-0.4, -0.2) is 22.9 Å². The van der Waals surface area contributed by atoms with Gasteiger partial charge in [-0.05, 0) is 56.2 Å². The molecule has 0 saturated heterocycles. The van der Waals surface area contributed by atoms with E-state index < -0.39 is 6.10 Å². The normalized spacial score (nSPS) is 11.9. The minimum absolute atomic E-state index is 0.384. The Hall–Kier alpha value is -3.12. The van der Waals surface area contributed by atoms with E-state index in [0.717, 1.165) is 16.9 Å². The van der Waals surface area contributed by atoms with Crippen LogP contribution in [-0.2, 0) is 6.54 Å². The fraction of sp³-hybridized carbons (Fsp3) is 0.273. The molecule has 1 atom stereocenters. The van der Waals surface area contributed by atoms with Gasteiger partial charge in [-0.15, -0.1) is 0 Å².